The number of fused-ring (bicyclic) bond motifs is 1. The average molecular weight is 222 g/mol. The molecule has 2 rings (SSSR count). The minimum Gasteiger partial charge on any atom is -0.453 e. The van der Waals surface area contributed by atoms with Crippen LogP contribution in [0.4, 0.5) is 4.79 Å². The Morgan fingerprint density at radius 2 is 2.50 bits per heavy atom. The van der Waals surface area contributed by atoms with E-state index < -0.39 is 0 Å². The van der Waals surface area contributed by atoms with Crippen LogP contribution >= 0.6 is 0 Å². The Bertz CT molecular complexity index is 408. The molecule has 0 bridgehead atoms. The Hall–Kier alpha value is -1.69. The third-order valence-corrected chi connectivity index (χ3v) is 2.61. The zero-order chi connectivity index (χ0) is 11.5. The zero-order valence-corrected chi connectivity index (χ0v) is 9.14. The van der Waals surface area contributed by atoms with Gasteiger partial charge in [0.2, 0.25) is 0 Å². The summed E-state index contributed by atoms with van der Waals surface area (Å²) < 4.78 is 4.68. The number of carbonyl (C=O) groups excluding carboxylic acids is 1. The highest BCUT2D eigenvalue weighted by Gasteiger charge is 2.22. The van der Waals surface area contributed by atoms with Crippen LogP contribution in [0.25, 0.3) is 0 Å². The summed E-state index contributed by atoms with van der Waals surface area (Å²) in [5, 5.41) is 0. The molecule has 2 heterocycles. The second-order valence-corrected chi connectivity index (χ2v) is 3.60. The van der Waals surface area contributed by atoms with Crippen LogP contribution in [0.2, 0.25) is 0 Å². The second-order valence-electron chi connectivity index (χ2n) is 3.60. The SMILES string of the molecule is COC(=O)N1CCc2cnc(CN)nc2C1. The highest BCUT2D eigenvalue weighted by molar-refractivity contribution is 5.67. The van der Waals surface area contributed by atoms with Gasteiger partial charge in [-0.1, -0.05) is 0 Å². The fraction of sp³-hybridized carbons (Fsp3) is 0.500. The zero-order valence-electron chi connectivity index (χ0n) is 9.14. The number of ether oxygens (including phenoxy) is 1. The maximum atomic E-state index is 11.4. The van der Waals surface area contributed by atoms with Crippen LogP contribution in [0.15, 0.2) is 6.20 Å². The first-order valence-corrected chi connectivity index (χ1v) is 5.11. The summed E-state index contributed by atoms with van der Waals surface area (Å²) in [5.74, 6) is 0.602. The molecule has 1 aliphatic rings. The van der Waals surface area contributed by atoms with E-state index in [1.165, 1.54) is 7.11 Å². The lowest BCUT2D eigenvalue weighted by Crippen LogP contribution is -2.36. The molecule has 6 heteroatoms. The number of aromatic nitrogens is 2. The van der Waals surface area contributed by atoms with Crippen LogP contribution in [0, 0.1) is 0 Å². The molecule has 0 saturated heterocycles. The number of nitrogens with two attached hydrogens (primary N) is 1. The second kappa shape index (κ2) is 4.44. The van der Waals surface area contributed by atoms with Gasteiger partial charge in [0.25, 0.3) is 0 Å². The van der Waals surface area contributed by atoms with Crippen molar-refractivity contribution in [3.8, 4) is 0 Å². The number of carbonyl (C=O) groups is 1. The predicted molar refractivity (Wildman–Crippen MR) is 56.4 cm³/mol. The largest absolute Gasteiger partial charge is 0.453 e. The summed E-state index contributed by atoms with van der Waals surface area (Å²) in [6.45, 7) is 1.42. The summed E-state index contributed by atoms with van der Waals surface area (Å²) >= 11 is 0. The molecule has 0 spiro atoms. The van der Waals surface area contributed by atoms with Crippen LogP contribution in [-0.2, 0) is 24.2 Å². The van der Waals surface area contributed by atoms with Crippen LogP contribution in [0.3, 0.4) is 0 Å². The lowest BCUT2D eigenvalue weighted by Gasteiger charge is -2.26. The summed E-state index contributed by atoms with van der Waals surface area (Å²) in [6, 6.07) is 0. The van der Waals surface area contributed by atoms with Gasteiger partial charge in [-0.15, -0.1) is 0 Å². The van der Waals surface area contributed by atoms with Gasteiger partial charge in [-0.2, -0.15) is 0 Å². The fourth-order valence-corrected chi connectivity index (χ4v) is 1.73. The van der Waals surface area contributed by atoms with Crippen molar-refractivity contribution in [2.24, 2.45) is 5.73 Å². The molecule has 0 saturated carbocycles. The number of amides is 1. The molecule has 0 radical (unpaired) electrons. The van der Waals surface area contributed by atoms with Crippen molar-refractivity contribution in [1.82, 2.24) is 14.9 Å². The highest BCUT2D eigenvalue weighted by Crippen LogP contribution is 2.16. The van der Waals surface area contributed by atoms with Crippen LogP contribution in [0.1, 0.15) is 17.1 Å². The molecule has 1 amide bonds. The molecule has 6 nitrogen and oxygen atoms in total. The molecule has 1 aliphatic heterocycles. The summed E-state index contributed by atoms with van der Waals surface area (Å²) in [4.78, 5) is 21.4. The van der Waals surface area contributed by atoms with Crippen molar-refractivity contribution >= 4 is 6.09 Å². The van der Waals surface area contributed by atoms with Crippen LogP contribution < -0.4 is 5.73 Å². The van der Waals surface area contributed by atoms with Gasteiger partial charge in [0.05, 0.1) is 25.9 Å². The molecule has 1 aromatic rings. The Morgan fingerprint density at radius 3 is 3.19 bits per heavy atom. The van der Waals surface area contributed by atoms with E-state index >= 15 is 0 Å². The first kappa shape index (κ1) is 10.8. The molecule has 16 heavy (non-hydrogen) atoms. The average Bonchev–Trinajstić information content (AvgIpc) is 2.36. The third kappa shape index (κ3) is 1.96. The van der Waals surface area contributed by atoms with Gasteiger partial charge < -0.3 is 15.4 Å². The van der Waals surface area contributed by atoms with Crippen molar-refractivity contribution in [3.05, 3.63) is 23.3 Å². The topological polar surface area (TPSA) is 81.3 Å². The molecule has 2 N–H and O–H groups in total. The van der Waals surface area contributed by atoms with Crippen molar-refractivity contribution in [2.45, 2.75) is 19.5 Å². The molecule has 1 aromatic heterocycles. The third-order valence-electron chi connectivity index (χ3n) is 2.61. The van der Waals surface area contributed by atoms with E-state index in [-0.39, 0.29) is 6.09 Å². The molecule has 0 aromatic carbocycles. The Balaban J connectivity index is 2.21. The van der Waals surface area contributed by atoms with Crippen LogP contribution in [0.5, 0.6) is 0 Å². The van der Waals surface area contributed by atoms with Gasteiger partial charge >= 0.3 is 6.09 Å². The van der Waals surface area contributed by atoms with Crippen molar-refractivity contribution < 1.29 is 9.53 Å². The van der Waals surface area contributed by atoms with Crippen molar-refractivity contribution in [1.29, 1.82) is 0 Å². The van der Waals surface area contributed by atoms with E-state index in [4.69, 9.17) is 5.73 Å². The number of rotatable bonds is 1. The summed E-state index contributed by atoms with van der Waals surface area (Å²) in [5.41, 5.74) is 7.42. The van der Waals surface area contributed by atoms with E-state index in [9.17, 15) is 4.79 Å². The smallest absolute Gasteiger partial charge is 0.409 e. The van der Waals surface area contributed by atoms with Gasteiger partial charge in [-0.25, -0.2) is 14.8 Å². The van der Waals surface area contributed by atoms with E-state index in [1.54, 1.807) is 11.1 Å². The van der Waals surface area contributed by atoms with Crippen molar-refractivity contribution in [3.63, 3.8) is 0 Å². The molecule has 0 atom stereocenters. The van der Waals surface area contributed by atoms with Crippen LogP contribution in [-0.4, -0.2) is 34.6 Å². The fourth-order valence-electron chi connectivity index (χ4n) is 1.73. The first-order valence-electron chi connectivity index (χ1n) is 5.11. The minimum absolute atomic E-state index is 0.311. The van der Waals surface area contributed by atoms with E-state index in [0.29, 0.717) is 25.5 Å². The van der Waals surface area contributed by atoms with Crippen molar-refractivity contribution in [2.75, 3.05) is 13.7 Å². The number of methoxy groups -OCH3 is 1. The molecule has 86 valence electrons. The van der Waals surface area contributed by atoms with Gasteiger partial charge in [-0.05, 0) is 12.0 Å². The molecule has 0 unspecified atom stereocenters. The standard InChI is InChI=1S/C10H14N4O2/c1-16-10(15)14-3-2-7-5-12-9(4-11)13-8(7)6-14/h5H,2-4,6,11H2,1H3. The minimum atomic E-state index is -0.321. The Labute approximate surface area is 93.4 Å². The quantitative estimate of drug-likeness (QED) is 0.726. The van der Waals surface area contributed by atoms with Gasteiger partial charge in [0.15, 0.2) is 0 Å². The van der Waals surface area contributed by atoms with Gasteiger partial charge in [-0.3, -0.25) is 0 Å². The number of hydrogen-bond acceptors (Lipinski definition) is 5. The summed E-state index contributed by atoms with van der Waals surface area (Å²) in [7, 11) is 1.38. The number of hydrogen-bond donors (Lipinski definition) is 1. The van der Waals surface area contributed by atoms with E-state index in [1.807, 2.05) is 0 Å². The van der Waals surface area contributed by atoms with E-state index in [2.05, 4.69) is 14.7 Å². The maximum Gasteiger partial charge on any atom is 0.409 e. The molecular weight excluding hydrogens is 208 g/mol. The summed E-state index contributed by atoms with van der Waals surface area (Å²) in [6.07, 6.45) is 2.23. The monoisotopic (exact) mass is 222 g/mol. The van der Waals surface area contributed by atoms with E-state index in [0.717, 1.165) is 17.7 Å². The Morgan fingerprint density at radius 1 is 1.69 bits per heavy atom. The lowest BCUT2D eigenvalue weighted by molar-refractivity contribution is 0.118. The lowest BCUT2D eigenvalue weighted by atomic mass is 10.1. The van der Waals surface area contributed by atoms with Gasteiger partial charge in [0, 0.05) is 12.7 Å². The number of nitrogens with zero attached hydrogens (tertiary/aromatic N) is 3. The van der Waals surface area contributed by atoms with Gasteiger partial charge in [0.1, 0.15) is 5.82 Å². The molecule has 0 fully saturated rings. The molecular formula is C10H14N4O2. The normalized spacial score (nSPS) is 14.5. The first-order chi connectivity index (χ1) is 7.74. The Kier molecular flexibility index (Phi) is 3.00. The predicted octanol–water partition coefficient (Wildman–Crippen LogP) is 0.0598. The molecule has 0 aliphatic carbocycles. The maximum absolute atomic E-state index is 11.4. The highest BCUT2D eigenvalue weighted by atomic mass is 16.5.